The first kappa shape index (κ1) is 19.3. The number of hydrogen-bond acceptors (Lipinski definition) is 5. The molecule has 30 heavy (non-hydrogen) atoms. The van der Waals surface area contributed by atoms with Crippen molar-refractivity contribution in [2.24, 2.45) is 7.05 Å². The molecule has 6 nitrogen and oxygen atoms in total. The van der Waals surface area contributed by atoms with E-state index in [1.165, 1.54) is 0 Å². The molecule has 0 amide bonds. The van der Waals surface area contributed by atoms with Gasteiger partial charge in [-0.2, -0.15) is 0 Å². The molecule has 1 aromatic carbocycles. The second kappa shape index (κ2) is 7.25. The quantitative estimate of drug-likeness (QED) is 0.628. The molecule has 2 aliphatic heterocycles. The zero-order valence-corrected chi connectivity index (χ0v) is 17.3. The number of fused-ring (bicyclic) bond motifs is 1. The van der Waals surface area contributed by atoms with Crippen LogP contribution in [0, 0.1) is 6.92 Å². The first-order chi connectivity index (χ1) is 14.4. The van der Waals surface area contributed by atoms with E-state index in [1.54, 1.807) is 6.20 Å². The molecule has 3 aromatic rings. The molecule has 0 aliphatic carbocycles. The van der Waals surface area contributed by atoms with Gasteiger partial charge in [0.05, 0.1) is 24.4 Å². The summed E-state index contributed by atoms with van der Waals surface area (Å²) in [6.45, 7) is 3.77. The number of rotatable bonds is 6. The van der Waals surface area contributed by atoms with Crippen molar-refractivity contribution in [2.75, 3.05) is 26.2 Å². The molecule has 7 heteroatoms. The van der Waals surface area contributed by atoms with E-state index < -0.39 is 11.5 Å². The molecule has 0 spiro atoms. The molecule has 2 fully saturated rings. The van der Waals surface area contributed by atoms with Gasteiger partial charge in [0, 0.05) is 56.1 Å². The van der Waals surface area contributed by atoms with Gasteiger partial charge in [0.15, 0.2) is 11.5 Å². The zero-order valence-electron chi connectivity index (χ0n) is 17.3. The SMILES string of the molecule is Cc1ncc(-c2ccc3cnc(CC(=O)C4(F)CN(CC5CCO5)C4)cc3c2)n1C. The van der Waals surface area contributed by atoms with E-state index in [0.29, 0.717) is 12.2 Å². The highest BCUT2D eigenvalue weighted by atomic mass is 19.1. The number of imidazole rings is 1. The van der Waals surface area contributed by atoms with Gasteiger partial charge in [0.25, 0.3) is 0 Å². The molecule has 1 unspecified atom stereocenters. The van der Waals surface area contributed by atoms with Crippen LogP contribution >= 0.6 is 0 Å². The molecule has 2 aromatic heterocycles. The minimum absolute atomic E-state index is 0.00918. The summed E-state index contributed by atoms with van der Waals surface area (Å²) in [4.78, 5) is 23.3. The van der Waals surface area contributed by atoms with Crippen LogP contribution in [0.25, 0.3) is 22.0 Å². The van der Waals surface area contributed by atoms with Crippen LogP contribution < -0.4 is 0 Å². The summed E-state index contributed by atoms with van der Waals surface area (Å²) in [6, 6.07) is 8.00. The lowest BCUT2D eigenvalue weighted by atomic mass is 9.88. The number of likely N-dealkylation sites (tertiary alicyclic amines) is 1. The maximum Gasteiger partial charge on any atom is 0.194 e. The number of aryl methyl sites for hydroxylation is 1. The zero-order chi connectivity index (χ0) is 20.9. The number of carbonyl (C=O) groups is 1. The van der Waals surface area contributed by atoms with Crippen LogP contribution in [0.15, 0.2) is 36.7 Å². The first-order valence-electron chi connectivity index (χ1n) is 10.3. The maximum atomic E-state index is 15.0. The molecule has 4 heterocycles. The van der Waals surface area contributed by atoms with Crippen molar-refractivity contribution in [3.8, 4) is 11.3 Å². The number of alkyl halides is 1. The Kier molecular flexibility index (Phi) is 4.67. The van der Waals surface area contributed by atoms with Gasteiger partial charge in [0.2, 0.25) is 0 Å². The number of nitrogens with zero attached hydrogens (tertiary/aromatic N) is 4. The third kappa shape index (κ3) is 3.42. The topological polar surface area (TPSA) is 60.3 Å². The van der Waals surface area contributed by atoms with Crippen molar-refractivity contribution in [1.29, 1.82) is 0 Å². The molecule has 1 atom stereocenters. The fourth-order valence-corrected chi connectivity index (χ4v) is 4.22. The Bertz CT molecular complexity index is 1120. The second-order valence-corrected chi connectivity index (χ2v) is 8.50. The van der Waals surface area contributed by atoms with E-state index in [1.807, 2.05) is 47.8 Å². The Morgan fingerprint density at radius 3 is 2.70 bits per heavy atom. The summed E-state index contributed by atoms with van der Waals surface area (Å²) >= 11 is 0. The number of hydrogen-bond donors (Lipinski definition) is 0. The Morgan fingerprint density at radius 1 is 1.23 bits per heavy atom. The summed E-state index contributed by atoms with van der Waals surface area (Å²) < 4.78 is 22.4. The second-order valence-electron chi connectivity index (χ2n) is 8.50. The van der Waals surface area contributed by atoms with Crippen molar-refractivity contribution >= 4 is 16.6 Å². The summed E-state index contributed by atoms with van der Waals surface area (Å²) in [6.07, 6.45) is 4.83. The lowest BCUT2D eigenvalue weighted by molar-refractivity contribution is -0.148. The number of pyridine rings is 1. The van der Waals surface area contributed by atoms with Gasteiger partial charge in [-0.1, -0.05) is 12.1 Å². The first-order valence-corrected chi connectivity index (χ1v) is 10.3. The highest BCUT2D eigenvalue weighted by Gasteiger charge is 2.50. The average Bonchev–Trinajstić information content (AvgIpc) is 3.01. The van der Waals surface area contributed by atoms with Crippen molar-refractivity contribution in [3.63, 3.8) is 0 Å². The summed E-state index contributed by atoms with van der Waals surface area (Å²) in [5.41, 5.74) is 0.901. The highest BCUT2D eigenvalue weighted by molar-refractivity contribution is 5.92. The number of benzene rings is 1. The largest absolute Gasteiger partial charge is 0.377 e. The normalized spacial score (nSPS) is 20.7. The summed E-state index contributed by atoms with van der Waals surface area (Å²) in [5.74, 6) is 0.552. The minimum atomic E-state index is -1.77. The van der Waals surface area contributed by atoms with Crippen LogP contribution in [0.5, 0.6) is 0 Å². The van der Waals surface area contributed by atoms with Gasteiger partial charge in [-0.25, -0.2) is 9.37 Å². The predicted octanol–water partition coefficient (Wildman–Crippen LogP) is 2.87. The number of ketones is 1. The molecular formula is C23H25FN4O2. The molecular weight excluding hydrogens is 383 g/mol. The maximum absolute atomic E-state index is 15.0. The number of Topliss-reactive ketones (excluding diaryl/α,β-unsaturated/α-hetero) is 1. The van der Waals surface area contributed by atoms with E-state index in [0.717, 1.165) is 40.9 Å². The van der Waals surface area contributed by atoms with Crippen LogP contribution in [0.3, 0.4) is 0 Å². The number of aromatic nitrogens is 3. The number of carbonyl (C=O) groups excluding carboxylic acids is 1. The Hall–Kier alpha value is -2.64. The minimum Gasteiger partial charge on any atom is -0.377 e. The van der Waals surface area contributed by atoms with Crippen LogP contribution in [-0.2, 0) is 23.0 Å². The van der Waals surface area contributed by atoms with E-state index in [9.17, 15) is 9.18 Å². The van der Waals surface area contributed by atoms with Gasteiger partial charge in [0.1, 0.15) is 5.82 Å². The third-order valence-electron chi connectivity index (χ3n) is 6.34. The lowest BCUT2D eigenvalue weighted by Gasteiger charge is -2.45. The lowest BCUT2D eigenvalue weighted by Crippen LogP contribution is -2.65. The Morgan fingerprint density at radius 2 is 2.03 bits per heavy atom. The molecule has 0 N–H and O–H groups in total. The predicted molar refractivity (Wildman–Crippen MR) is 112 cm³/mol. The average molecular weight is 408 g/mol. The summed E-state index contributed by atoms with van der Waals surface area (Å²) in [5, 5.41) is 1.97. The van der Waals surface area contributed by atoms with Gasteiger partial charge >= 0.3 is 0 Å². The van der Waals surface area contributed by atoms with Gasteiger partial charge in [-0.3, -0.25) is 14.7 Å². The molecule has 2 aliphatic rings. The van der Waals surface area contributed by atoms with Gasteiger partial charge in [-0.15, -0.1) is 0 Å². The van der Waals surface area contributed by atoms with E-state index in [2.05, 4.69) is 16.0 Å². The molecule has 0 saturated carbocycles. The van der Waals surface area contributed by atoms with Crippen molar-refractivity contribution in [2.45, 2.75) is 31.5 Å². The molecule has 0 bridgehead atoms. The molecule has 156 valence electrons. The summed E-state index contributed by atoms with van der Waals surface area (Å²) in [7, 11) is 1.98. The smallest absolute Gasteiger partial charge is 0.194 e. The molecule has 2 saturated heterocycles. The van der Waals surface area contributed by atoms with E-state index in [4.69, 9.17) is 4.74 Å². The number of ether oxygens (including phenoxy) is 1. The Balaban J connectivity index is 1.31. The fraction of sp³-hybridized carbons (Fsp3) is 0.435. The van der Waals surface area contributed by atoms with Crippen LogP contribution in [0.1, 0.15) is 17.9 Å². The van der Waals surface area contributed by atoms with E-state index in [-0.39, 0.29) is 25.6 Å². The molecule has 5 rings (SSSR count). The number of halogens is 1. The van der Waals surface area contributed by atoms with Crippen LogP contribution in [0.2, 0.25) is 0 Å². The highest BCUT2D eigenvalue weighted by Crippen LogP contribution is 2.30. The van der Waals surface area contributed by atoms with Gasteiger partial charge < -0.3 is 9.30 Å². The Labute approximate surface area is 174 Å². The molecule has 0 radical (unpaired) electrons. The van der Waals surface area contributed by atoms with Crippen molar-refractivity contribution in [1.82, 2.24) is 19.4 Å². The van der Waals surface area contributed by atoms with Crippen molar-refractivity contribution < 1.29 is 13.9 Å². The third-order valence-corrected chi connectivity index (χ3v) is 6.34. The standard InChI is InChI=1S/C23H25FN4O2/c1-15-25-11-21(27(15)2)16-3-4-17-10-26-19(8-18(17)7-16)9-22(29)23(24)13-28(14-23)12-20-5-6-30-20/h3-4,7-8,10-11,20H,5-6,9,12-14H2,1-2H3. The van der Waals surface area contributed by atoms with E-state index >= 15 is 0 Å². The monoisotopic (exact) mass is 408 g/mol. The van der Waals surface area contributed by atoms with Crippen LogP contribution in [-0.4, -0.2) is 63.2 Å². The fourth-order valence-electron chi connectivity index (χ4n) is 4.22. The van der Waals surface area contributed by atoms with Gasteiger partial charge in [-0.05, 0) is 30.9 Å². The van der Waals surface area contributed by atoms with Crippen LogP contribution in [0.4, 0.5) is 4.39 Å². The van der Waals surface area contributed by atoms with Crippen molar-refractivity contribution in [3.05, 3.63) is 48.2 Å².